The van der Waals surface area contributed by atoms with E-state index in [2.05, 4.69) is 46.5 Å². The molecule has 1 aliphatic rings. The Bertz CT molecular complexity index is 1100. The molecule has 0 radical (unpaired) electrons. The van der Waals surface area contributed by atoms with Gasteiger partial charge in [-0.05, 0) is 31.2 Å². The van der Waals surface area contributed by atoms with Crippen molar-refractivity contribution in [3.8, 4) is 10.6 Å². The summed E-state index contributed by atoms with van der Waals surface area (Å²) in [6, 6.07) is 12.0. The molecule has 0 aliphatic carbocycles. The fourth-order valence-electron chi connectivity index (χ4n) is 3.32. The van der Waals surface area contributed by atoms with E-state index in [1.807, 2.05) is 7.05 Å². The van der Waals surface area contributed by atoms with Crippen LogP contribution in [0.15, 0.2) is 57.9 Å². The van der Waals surface area contributed by atoms with Gasteiger partial charge in [0.1, 0.15) is 9.90 Å². The van der Waals surface area contributed by atoms with Gasteiger partial charge in [-0.3, -0.25) is 0 Å². The molecule has 3 heterocycles. The Kier molecular flexibility index (Phi) is 7.08. The summed E-state index contributed by atoms with van der Waals surface area (Å²) in [5.41, 5.74) is 3.45. The van der Waals surface area contributed by atoms with Gasteiger partial charge in [0.05, 0.1) is 10.7 Å². The first-order valence-corrected chi connectivity index (χ1v) is 13.6. The smallest absolute Gasteiger partial charge is 0.244 e. The van der Waals surface area contributed by atoms with Gasteiger partial charge in [0.25, 0.3) is 0 Å². The molecule has 9 heteroatoms. The number of nitrogens with zero attached hydrogens (tertiary/aromatic N) is 4. The lowest BCUT2D eigenvalue weighted by Crippen LogP contribution is -2.47. The van der Waals surface area contributed by atoms with Gasteiger partial charge >= 0.3 is 0 Å². The molecule has 6 nitrogen and oxygen atoms in total. The summed E-state index contributed by atoms with van der Waals surface area (Å²) in [5, 5.41) is 3.88. The molecule has 0 N–H and O–H groups in total. The SMILES string of the molecule is CCc1ccc(-c2nc(CSc3ccc(S(=O)(=O)N4CCN(C)CC4)cn3)cs2)cc1. The number of pyridine rings is 1. The average molecular weight is 475 g/mol. The van der Waals surface area contributed by atoms with Crippen molar-refractivity contribution in [3.05, 3.63) is 59.2 Å². The Morgan fingerprint density at radius 1 is 1.06 bits per heavy atom. The molecule has 0 atom stereocenters. The lowest BCUT2D eigenvalue weighted by Gasteiger charge is -2.31. The fourth-order valence-corrected chi connectivity index (χ4v) is 6.35. The van der Waals surface area contributed by atoms with E-state index in [9.17, 15) is 8.42 Å². The van der Waals surface area contributed by atoms with Crippen LogP contribution in [0, 0.1) is 0 Å². The number of rotatable bonds is 7. The fraction of sp³-hybridized carbons (Fsp3) is 0.364. The molecule has 2 aromatic heterocycles. The minimum atomic E-state index is -3.48. The zero-order chi connectivity index (χ0) is 21.8. The summed E-state index contributed by atoms with van der Waals surface area (Å²) in [5.74, 6) is 0.696. The van der Waals surface area contributed by atoms with E-state index in [0.29, 0.717) is 18.8 Å². The van der Waals surface area contributed by atoms with Gasteiger partial charge in [-0.15, -0.1) is 23.1 Å². The van der Waals surface area contributed by atoms with Gasteiger partial charge in [-0.25, -0.2) is 18.4 Å². The molecular weight excluding hydrogens is 448 g/mol. The molecule has 1 saturated heterocycles. The van der Waals surface area contributed by atoms with E-state index in [0.717, 1.165) is 40.8 Å². The third-order valence-electron chi connectivity index (χ3n) is 5.34. The second kappa shape index (κ2) is 9.79. The van der Waals surface area contributed by atoms with Crippen LogP contribution in [0.5, 0.6) is 0 Å². The first-order chi connectivity index (χ1) is 15.0. The first kappa shape index (κ1) is 22.4. The second-order valence-electron chi connectivity index (χ2n) is 7.52. The summed E-state index contributed by atoms with van der Waals surface area (Å²) in [7, 11) is -1.47. The number of benzene rings is 1. The van der Waals surface area contributed by atoms with Gasteiger partial charge in [0.2, 0.25) is 10.0 Å². The Hall–Kier alpha value is -1.78. The number of aromatic nitrogens is 2. The van der Waals surface area contributed by atoms with E-state index in [1.165, 1.54) is 11.8 Å². The minimum Gasteiger partial charge on any atom is -0.304 e. The quantitative estimate of drug-likeness (QED) is 0.482. The number of hydrogen-bond acceptors (Lipinski definition) is 7. The molecule has 0 amide bonds. The molecule has 0 saturated carbocycles. The van der Waals surface area contributed by atoms with Crippen LogP contribution in [-0.4, -0.2) is 60.8 Å². The second-order valence-corrected chi connectivity index (χ2v) is 11.3. The van der Waals surface area contributed by atoms with Gasteiger partial charge in [0, 0.05) is 49.1 Å². The third-order valence-corrected chi connectivity index (χ3v) is 9.14. The van der Waals surface area contributed by atoms with E-state index >= 15 is 0 Å². The molecule has 0 bridgehead atoms. The van der Waals surface area contributed by atoms with E-state index in [4.69, 9.17) is 4.98 Å². The highest BCUT2D eigenvalue weighted by atomic mass is 32.2. The zero-order valence-corrected chi connectivity index (χ0v) is 20.1. The summed E-state index contributed by atoms with van der Waals surface area (Å²) < 4.78 is 27.2. The van der Waals surface area contributed by atoms with E-state index < -0.39 is 10.0 Å². The van der Waals surface area contributed by atoms with Crippen molar-refractivity contribution in [1.82, 2.24) is 19.2 Å². The molecule has 0 spiro atoms. The summed E-state index contributed by atoms with van der Waals surface area (Å²) in [4.78, 5) is 11.5. The van der Waals surface area contributed by atoms with Gasteiger partial charge in [-0.1, -0.05) is 31.2 Å². The maximum Gasteiger partial charge on any atom is 0.244 e. The van der Waals surface area contributed by atoms with Crippen molar-refractivity contribution < 1.29 is 8.42 Å². The number of aryl methyl sites for hydroxylation is 1. The van der Waals surface area contributed by atoms with E-state index in [1.54, 1.807) is 39.5 Å². The molecular formula is C22H26N4O2S3. The minimum absolute atomic E-state index is 0.257. The Morgan fingerprint density at radius 2 is 1.81 bits per heavy atom. The van der Waals surface area contributed by atoms with Crippen LogP contribution in [0.3, 0.4) is 0 Å². The van der Waals surface area contributed by atoms with Gasteiger partial charge < -0.3 is 4.90 Å². The highest BCUT2D eigenvalue weighted by molar-refractivity contribution is 7.98. The molecule has 3 aromatic rings. The van der Waals surface area contributed by atoms with Crippen LogP contribution in [-0.2, 0) is 22.2 Å². The maximum absolute atomic E-state index is 12.8. The normalized spacial score (nSPS) is 15.9. The first-order valence-electron chi connectivity index (χ1n) is 10.3. The summed E-state index contributed by atoms with van der Waals surface area (Å²) in [6.07, 6.45) is 2.50. The lowest BCUT2D eigenvalue weighted by molar-refractivity contribution is 0.222. The predicted octanol–water partition coefficient (Wildman–Crippen LogP) is 4.00. The number of piperazine rings is 1. The lowest BCUT2D eigenvalue weighted by atomic mass is 10.1. The molecule has 4 rings (SSSR count). The molecule has 1 aromatic carbocycles. The van der Waals surface area contributed by atoms with Crippen molar-refractivity contribution in [1.29, 1.82) is 0 Å². The number of sulfonamides is 1. The third kappa shape index (κ3) is 5.35. The Labute approximate surface area is 192 Å². The number of thioether (sulfide) groups is 1. The van der Waals surface area contributed by atoms with Crippen molar-refractivity contribution in [2.75, 3.05) is 33.2 Å². The monoisotopic (exact) mass is 474 g/mol. The number of hydrogen-bond donors (Lipinski definition) is 0. The topological polar surface area (TPSA) is 66.4 Å². The highest BCUT2D eigenvalue weighted by Gasteiger charge is 2.27. The number of thiazole rings is 1. The van der Waals surface area contributed by atoms with Crippen LogP contribution >= 0.6 is 23.1 Å². The van der Waals surface area contributed by atoms with Crippen LogP contribution in [0.4, 0.5) is 0 Å². The average Bonchev–Trinajstić information content (AvgIpc) is 3.27. The molecule has 31 heavy (non-hydrogen) atoms. The van der Waals surface area contributed by atoms with Crippen molar-refractivity contribution in [2.45, 2.75) is 29.0 Å². The molecule has 1 aliphatic heterocycles. The summed E-state index contributed by atoms with van der Waals surface area (Å²) in [6.45, 7) is 4.68. The van der Waals surface area contributed by atoms with Crippen molar-refractivity contribution in [2.24, 2.45) is 0 Å². The largest absolute Gasteiger partial charge is 0.304 e. The van der Waals surface area contributed by atoms with Crippen LogP contribution < -0.4 is 0 Å². The van der Waals surface area contributed by atoms with Gasteiger partial charge in [0.15, 0.2) is 0 Å². The standard InChI is InChI=1S/C22H26N4O2S3/c1-3-17-4-6-18(7-5-17)22-24-19(16-30-22)15-29-21-9-8-20(14-23-21)31(27,28)26-12-10-25(2)11-13-26/h4-9,14,16H,3,10-13,15H2,1-2H3. The van der Waals surface area contributed by atoms with Crippen molar-refractivity contribution >= 4 is 33.1 Å². The van der Waals surface area contributed by atoms with Crippen molar-refractivity contribution in [3.63, 3.8) is 0 Å². The molecule has 1 fully saturated rings. The van der Waals surface area contributed by atoms with E-state index in [-0.39, 0.29) is 4.90 Å². The Balaban J connectivity index is 1.37. The zero-order valence-electron chi connectivity index (χ0n) is 17.7. The number of likely N-dealkylation sites (N-methyl/N-ethyl adjacent to an activating group) is 1. The van der Waals surface area contributed by atoms with Crippen LogP contribution in [0.1, 0.15) is 18.2 Å². The predicted molar refractivity (Wildman–Crippen MR) is 127 cm³/mol. The maximum atomic E-state index is 12.8. The summed E-state index contributed by atoms with van der Waals surface area (Å²) >= 11 is 3.20. The van der Waals surface area contributed by atoms with Crippen LogP contribution in [0.2, 0.25) is 0 Å². The molecule has 164 valence electrons. The van der Waals surface area contributed by atoms with Crippen LogP contribution in [0.25, 0.3) is 10.6 Å². The molecule has 0 unspecified atom stereocenters. The highest BCUT2D eigenvalue weighted by Crippen LogP contribution is 2.28. The Morgan fingerprint density at radius 3 is 2.45 bits per heavy atom. The van der Waals surface area contributed by atoms with Gasteiger partial charge in [-0.2, -0.15) is 4.31 Å².